The van der Waals surface area contributed by atoms with Gasteiger partial charge in [0, 0.05) is 31.1 Å². The molecule has 2 aromatic heterocycles. The monoisotopic (exact) mass is 336 g/mol. The van der Waals surface area contributed by atoms with Crippen LogP contribution in [-0.2, 0) is 30.2 Å². The molecule has 4 rings (SSSR count). The van der Waals surface area contributed by atoms with Gasteiger partial charge in [0.15, 0.2) is 0 Å². The second kappa shape index (κ2) is 6.27. The molecular formula is C20H24N4O. The Morgan fingerprint density at radius 1 is 1.32 bits per heavy atom. The van der Waals surface area contributed by atoms with Crippen LogP contribution in [0.2, 0.25) is 0 Å². The molecule has 1 fully saturated rings. The molecule has 1 unspecified atom stereocenters. The lowest BCUT2D eigenvalue weighted by atomic mass is 9.82. The van der Waals surface area contributed by atoms with Gasteiger partial charge in [-0.25, -0.2) is 0 Å². The van der Waals surface area contributed by atoms with Crippen LogP contribution in [0.3, 0.4) is 0 Å². The molecule has 1 saturated heterocycles. The van der Waals surface area contributed by atoms with Gasteiger partial charge >= 0.3 is 0 Å². The van der Waals surface area contributed by atoms with Gasteiger partial charge in [0.05, 0.1) is 17.0 Å². The molecule has 0 saturated carbocycles. The van der Waals surface area contributed by atoms with Crippen molar-refractivity contribution in [1.82, 2.24) is 14.8 Å². The maximum atomic E-state index is 10.1. The molecule has 0 aromatic carbocycles. The van der Waals surface area contributed by atoms with Gasteiger partial charge in [-0.1, -0.05) is 6.92 Å². The minimum atomic E-state index is -0.412. The van der Waals surface area contributed by atoms with Crippen molar-refractivity contribution < 1.29 is 4.74 Å². The summed E-state index contributed by atoms with van der Waals surface area (Å²) in [7, 11) is 1.94. The SMILES string of the molecule is CCC1(c2nc3c(c(-c4ccnn4C)c2C#N)CCCC3)CCCO1. The van der Waals surface area contributed by atoms with E-state index in [-0.39, 0.29) is 0 Å². The Balaban J connectivity index is 2.04. The Morgan fingerprint density at radius 3 is 2.80 bits per heavy atom. The number of nitriles is 1. The molecule has 2 aliphatic rings. The highest BCUT2D eigenvalue weighted by Gasteiger charge is 2.41. The Bertz CT molecular complexity index is 840. The van der Waals surface area contributed by atoms with Gasteiger partial charge in [0.2, 0.25) is 0 Å². The number of nitrogens with zero attached hydrogens (tertiary/aromatic N) is 4. The highest BCUT2D eigenvalue weighted by atomic mass is 16.5. The summed E-state index contributed by atoms with van der Waals surface area (Å²) in [6.45, 7) is 2.88. The summed E-state index contributed by atoms with van der Waals surface area (Å²) in [6, 6.07) is 4.49. The van der Waals surface area contributed by atoms with E-state index in [0.29, 0.717) is 5.56 Å². The summed E-state index contributed by atoms with van der Waals surface area (Å²) < 4.78 is 8.04. The second-order valence-corrected chi connectivity index (χ2v) is 7.09. The van der Waals surface area contributed by atoms with Crippen LogP contribution < -0.4 is 0 Å². The van der Waals surface area contributed by atoms with E-state index in [9.17, 15) is 5.26 Å². The molecule has 0 N–H and O–H groups in total. The maximum absolute atomic E-state index is 10.1. The third kappa shape index (κ3) is 2.47. The van der Waals surface area contributed by atoms with Gasteiger partial charge in [0.25, 0.3) is 0 Å². The summed E-state index contributed by atoms with van der Waals surface area (Å²) in [5, 5.41) is 14.4. The number of aryl methyl sites for hydroxylation is 2. The predicted octanol–water partition coefficient (Wildman–Crippen LogP) is 3.65. The lowest BCUT2D eigenvalue weighted by Gasteiger charge is -2.31. The van der Waals surface area contributed by atoms with Crippen LogP contribution in [-0.4, -0.2) is 21.4 Å². The van der Waals surface area contributed by atoms with E-state index in [0.717, 1.165) is 74.2 Å². The Labute approximate surface area is 148 Å². The number of aromatic nitrogens is 3. The van der Waals surface area contributed by atoms with Crippen molar-refractivity contribution in [3.8, 4) is 17.3 Å². The van der Waals surface area contributed by atoms with Gasteiger partial charge in [0.1, 0.15) is 11.7 Å². The summed E-state index contributed by atoms with van der Waals surface area (Å²) in [5.74, 6) is 0. The fourth-order valence-electron chi connectivity index (χ4n) is 4.41. The first-order chi connectivity index (χ1) is 12.2. The van der Waals surface area contributed by atoms with Crippen molar-refractivity contribution in [1.29, 1.82) is 5.26 Å². The zero-order chi connectivity index (χ0) is 17.4. The van der Waals surface area contributed by atoms with E-state index in [2.05, 4.69) is 18.1 Å². The lowest BCUT2D eigenvalue weighted by molar-refractivity contribution is -0.00706. The van der Waals surface area contributed by atoms with Crippen molar-refractivity contribution in [2.45, 2.75) is 57.5 Å². The minimum Gasteiger partial charge on any atom is -0.369 e. The number of rotatable bonds is 3. The fourth-order valence-corrected chi connectivity index (χ4v) is 4.41. The van der Waals surface area contributed by atoms with Crippen LogP contribution in [0.4, 0.5) is 0 Å². The average Bonchev–Trinajstić information content (AvgIpc) is 3.29. The fraction of sp³-hybridized carbons (Fsp3) is 0.550. The molecule has 1 aliphatic carbocycles. The Kier molecular flexibility index (Phi) is 4.09. The number of hydrogen-bond acceptors (Lipinski definition) is 4. The molecule has 0 spiro atoms. The van der Waals surface area contributed by atoms with Crippen LogP contribution in [0.25, 0.3) is 11.3 Å². The quantitative estimate of drug-likeness (QED) is 0.858. The van der Waals surface area contributed by atoms with Crippen molar-refractivity contribution in [2.24, 2.45) is 7.05 Å². The van der Waals surface area contributed by atoms with Crippen LogP contribution in [0.1, 0.15) is 61.5 Å². The first-order valence-electron chi connectivity index (χ1n) is 9.29. The summed E-state index contributed by atoms with van der Waals surface area (Å²) >= 11 is 0. The first-order valence-corrected chi connectivity index (χ1v) is 9.29. The summed E-state index contributed by atoms with van der Waals surface area (Å²) in [4.78, 5) is 5.03. The van der Waals surface area contributed by atoms with Gasteiger partial charge in [-0.3, -0.25) is 9.67 Å². The third-order valence-corrected chi connectivity index (χ3v) is 5.77. The van der Waals surface area contributed by atoms with E-state index in [1.807, 2.05) is 17.8 Å². The van der Waals surface area contributed by atoms with Crippen molar-refractivity contribution in [3.63, 3.8) is 0 Å². The normalized spacial score (nSPS) is 22.6. The molecular weight excluding hydrogens is 312 g/mol. The molecule has 0 radical (unpaired) electrons. The van der Waals surface area contributed by atoms with Gasteiger partial charge < -0.3 is 4.74 Å². The molecule has 1 aliphatic heterocycles. The smallest absolute Gasteiger partial charge is 0.111 e. The number of ether oxygens (including phenoxy) is 1. The van der Waals surface area contributed by atoms with Crippen molar-refractivity contribution in [3.05, 3.63) is 34.8 Å². The number of pyridine rings is 1. The third-order valence-electron chi connectivity index (χ3n) is 5.77. The number of fused-ring (bicyclic) bond motifs is 1. The highest BCUT2D eigenvalue weighted by Crippen LogP contribution is 2.44. The minimum absolute atomic E-state index is 0.412. The topological polar surface area (TPSA) is 63.7 Å². The molecule has 0 amide bonds. The van der Waals surface area contributed by atoms with Crippen LogP contribution >= 0.6 is 0 Å². The zero-order valence-electron chi connectivity index (χ0n) is 15.0. The standard InChI is InChI=1S/C20H24N4O/c1-3-20(10-6-12-25-20)19-15(13-21)18(17-9-11-22-24(17)2)14-7-4-5-8-16(14)23-19/h9,11H,3-8,10,12H2,1-2H3. The average molecular weight is 336 g/mol. The van der Waals surface area contributed by atoms with Gasteiger partial charge in [-0.15, -0.1) is 0 Å². The van der Waals surface area contributed by atoms with Crippen LogP contribution in [0.15, 0.2) is 12.3 Å². The molecule has 5 heteroatoms. The summed E-state index contributed by atoms with van der Waals surface area (Å²) in [6.07, 6.45) is 8.89. The molecule has 130 valence electrons. The Hall–Kier alpha value is -2.19. The molecule has 2 aromatic rings. The lowest BCUT2D eigenvalue weighted by Crippen LogP contribution is -2.28. The highest BCUT2D eigenvalue weighted by molar-refractivity contribution is 5.74. The molecule has 3 heterocycles. The van der Waals surface area contributed by atoms with Crippen molar-refractivity contribution >= 4 is 0 Å². The van der Waals surface area contributed by atoms with E-state index < -0.39 is 5.60 Å². The maximum Gasteiger partial charge on any atom is 0.111 e. The Morgan fingerprint density at radius 2 is 2.16 bits per heavy atom. The number of hydrogen-bond donors (Lipinski definition) is 0. The van der Waals surface area contributed by atoms with Crippen molar-refractivity contribution in [2.75, 3.05) is 6.61 Å². The van der Waals surface area contributed by atoms with E-state index in [1.54, 1.807) is 6.20 Å². The van der Waals surface area contributed by atoms with Gasteiger partial charge in [-0.2, -0.15) is 10.4 Å². The zero-order valence-corrected chi connectivity index (χ0v) is 15.0. The van der Waals surface area contributed by atoms with E-state index in [4.69, 9.17) is 9.72 Å². The molecule has 1 atom stereocenters. The molecule has 25 heavy (non-hydrogen) atoms. The summed E-state index contributed by atoms with van der Waals surface area (Å²) in [5.41, 5.74) is 5.55. The van der Waals surface area contributed by atoms with Gasteiger partial charge in [-0.05, 0) is 56.6 Å². The van der Waals surface area contributed by atoms with E-state index >= 15 is 0 Å². The first kappa shape index (κ1) is 16.3. The van der Waals surface area contributed by atoms with Crippen LogP contribution in [0, 0.1) is 11.3 Å². The molecule has 5 nitrogen and oxygen atoms in total. The largest absolute Gasteiger partial charge is 0.369 e. The predicted molar refractivity (Wildman–Crippen MR) is 95.0 cm³/mol. The van der Waals surface area contributed by atoms with Crippen LogP contribution in [0.5, 0.6) is 0 Å². The van der Waals surface area contributed by atoms with E-state index in [1.165, 1.54) is 5.56 Å². The second-order valence-electron chi connectivity index (χ2n) is 7.09. The molecule has 0 bridgehead atoms.